The van der Waals surface area contributed by atoms with Crippen LogP contribution in [0.2, 0.25) is 0 Å². The van der Waals surface area contributed by atoms with E-state index in [1.165, 1.54) is 27.6 Å². The molecule has 1 aliphatic carbocycles. The molecule has 2 unspecified atom stereocenters. The topological polar surface area (TPSA) is 28.5 Å². The molecule has 1 fully saturated rings. The van der Waals surface area contributed by atoms with E-state index in [0.29, 0.717) is 24.0 Å². The quantitative estimate of drug-likeness (QED) is 0.816. The molecule has 0 saturated carbocycles. The third-order valence-corrected chi connectivity index (χ3v) is 7.01. The fraction of sp³-hybridized carbons (Fsp3) is 0.522. The molecule has 4 heteroatoms. The van der Waals surface area contributed by atoms with Crippen molar-refractivity contribution >= 4 is 22.4 Å². The van der Waals surface area contributed by atoms with E-state index in [1.807, 2.05) is 0 Å². The molecular formula is C23H29N3O. The molecule has 2 aromatic rings. The van der Waals surface area contributed by atoms with E-state index in [2.05, 4.69) is 72.7 Å². The van der Waals surface area contributed by atoms with Gasteiger partial charge in [-0.25, -0.2) is 0 Å². The van der Waals surface area contributed by atoms with E-state index in [1.54, 1.807) is 0 Å². The van der Waals surface area contributed by atoms with Gasteiger partial charge in [0.15, 0.2) is 0 Å². The molecular weight excluding hydrogens is 334 g/mol. The van der Waals surface area contributed by atoms with E-state index in [0.717, 1.165) is 25.9 Å². The van der Waals surface area contributed by atoms with E-state index in [4.69, 9.17) is 0 Å². The summed E-state index contributed by atoms with van der Waals surface area (Å²) >= 11 is 0. The van der Waals surface area contributed by atoms with Crippen molar-refractivity contribution in [2.45, 2.75) is 58.3 Å². The van der Waals surface area contributed by atoms with Crippen molar-refractivity contribution in [2.75, 3.05) is 13.6 Å². The number of fused-ring (bicyclic) bond motifs is 2. The number of aromatic nitrogens is 1. The first-order valence-electron chi connectivity index (χ1n) is 10.3. The van der Waals surface area contributed by atoms with Crippen LogP contribution in [0.1, 0.15) is 38.3 Å². The molecule has 1 aromatic carbocycles. The van der Waals surface area contributed by atoms with Crippen molar-refractivity contribution in [1.29, 1.82) is 0 Å². The molecule has 5 rings (SSSR count). The third kappa shape index (κ3) is 2.35. The number of likely N-dealkylation sites (N-methyl/N-ethyl adjacent to an activating group) is 1. The summed E-state index contributed by atoms with van der Waals surface area (Å²) < 4.78 is 2.36. The molecule has 1 amide bonds. The van der Waals surface area contributed by atoms with Gasteiger partial charge in [0.1, 0.15) is 0 Å². The minimum Gasteiger partial charge on any atom is -0.347 e. The molecule has 0 N–H and O–H groups in total. The van der Waals surface area contributed by atoms with Gasteiger partial charge in [-0.3, -0.25) is 9.69 Å². The molecule has 2 aliphatic heterocycles. The summed E-state index contributed by atoms with van der Waals surface area (Å²) in [6.45, 7) is 8.35. The van der Waals surface area contributed by atoms with Crippen molar-refractivity contribution in [1.82, 2.24) is 14.4 Å². The maximum absolute atomic E-state index is 13.2. The van der Waals surface area contributed by atoms with Gasteiger partial charge in [-0.05, 0) is 63.4 Å². The molecule has 27 heavy (non-hydrogen) atoms. The van der Waals surface area contributed by atoms with Crippen molar-refractivity contribution in [3.05, 3.63) is 41.6 Å². The predicted octanol–water partition coefficient (Wildman–Crippen LogP) is 3.54. The second-order valence-corrected chi connectivity index (χ2v) is 8.71. The van der Waals surface area contributed by atoms with Crippen molar-refractivity contribution < 1.29 is 4.79 Å². The van der Waals surface area contributed by atoms with Gasteiger partial charge in [-0.1, -0.05) is 18.2 Å². The Bertz CT molecular complexity index is 948. The summed E-state index contributed by atoms with van der Waals surface area (Å²) in [6.07, 6.45) is 6.80. The Kier molecular flexibility index (Phi) is 3.77. The van der Waals surface area contributed by atoms with Gasteiger partial charge in [0.05, 0.1) is 5.92 Å². The van der Waals surface area contributed by atoms with Gasteiger partial charge in [0, 0.05) is 48.3 Å². The maximum Gasteiger partial charge on any atom is 0.231 e. The second-order valence-electron chi connectivity index (χ2n) is 8.71. The molecule has 4 atom stereocenters. The molecule has 0 radical (unpaired) electrons. The summed E-state index contributed by atoms with van der Waals surface area (Å²) in [5.41, 5.74) is 5.46. The molecule has 1 aromatic heterocycles. The number of rotatable bonds is 2. The average molecular weight is 364 g/mol. The van der Waals surface area contributed by atoms with Crippen LogP contribution in [0.3, 0.4) is 0 Å². The molecule has 142 valence electrons. The smallest absolute Gasteiger partial charge is 0.231 e. The van der Waals surface area contributed by atoms with Crippen LogP contribution in [-0.2, 0) is 17.8 Å². The summed E-state index contributed by atoms with van der Waals surface area (Å²) in [4.78, 5) is 17.7. The van der Waals surface area contributed by atoms with Gasteiger partial charge in [0.25, 0.3) is 0 Å². The number of amides is 1. The summed E-state index contributed by atoms with van der Waals surface area (Å²) in [5, 5.41) is 1.40. The molecule has 3 heterocycles. The van der Waals surface area contributed by atoms with E-state index >= 15 is 0 Å². The maximum atomic E-state index is 13.2. The highest BCUT2D eigenvalue weighted by Crippen LogP contribution is 2.42. The monoisotopic (exact) mass is 363 g/mol. The highest BCUT2D eigenvalue weighted by Gasteiger charge is 2.42. The van der Waals surface area contributed by atoms with E-state index in [-0.39, 0.29) is 5.92 Å². The highest BCUT2D eigenvalue weighted by molar-refractivity contribution is 5.99. The van der Waals surface area contributed by atoms with Gasteiger partial charge in [-0.2, -0.15) is 0 Å². The van der Waals surface area contributed by atoms with Gasteiger partial charge >= 0.3 is 0 Å². The zero-order valence-electron chi connectivity index (χ0n) is 16.8. The fourth-order valence-corrected chi connectivity index (χ4v) is 5.69. The number of hydrogen-bond donors (Lipinski definition) is 0. The lowest BCUT2D eigenvalue weighted by Crippen LogP contribution is -2.59. The Morgan fingerprint density at radius 2 is 2.00 bits per heavy atom. The Morgan fingerprint density at radius 1 is 1.22 bits per heavy atom. The SMILES string of the molecule is CCn1cc2c3c(cccc31)C1=C[C@@H](C(=O)N3C(C)CC3C)CN(C)[C@@H]1C2. The third-order valence-electron chi connectivity index (χ3n) is 7.01. The Labute approximate surface area is 161 Å². The summed E-state index contributed by atoms with van der Waals surface area (Å²) in [6, 6.07) is 7.79. The van der Waals surface area contributed by atoms with Gasteiger partial charge in [-0.15, -0.1) is 0 Å². The second kappa shape index (κ2) is 5.96. The first-order valence-corrected chi connectivity index (χ1v) is 10.3. The van der Waals surface area contributed by atoms with Crippen molar-refractivity contribution in [2.24, 2.45) is 5.92 Å². The van der Waals surface area contributed by atoms with Gasteiger partial charge < -0.3 is 9.47 Å². The van der Waals surface area contributed by atoms with Crippen LogP contribution in [0.5, 0.6) is 0 Å². The largest absolute Gasteiger partial charge is 0.347 e. The number of aryl methyl sites for hydroxylation is 1. The standard InChI is InChI=1S/C23H29N3O/c1-5-25-13-16-11-21-19(18-7-6-8-20(25)22(16)18)10-17(12-24(21)4)23(27)26-14(2)9-15(26)3/h6-8,10,13-15,17,21H,5,9,11-12H2,1-4H3/t14?,15?,17-,21-/m1/s1. The van der Waals surface area contributed by atoms with Crippen molar-refractivity contribution in [3.8, 4) is 0 Å². The molecule has 3 aliphatic rings. The molecule has 4 nitrogen and oxygen atoms in total. The van der Waals surface area contributed by atoms with Crippen LogP contribution in [0.4, 0.5) is 0 Å². The lowest BCUT2D eigenvalue weighted by atomic mass is 9.79. The molecule has 0 bridgehead atoms. The Hall–Kier alpha value is -2.07. The highest BCUT2D eigenvalue weighted by atomic mass is 16.2. The summed E-state index contributed by atoms with van der Waals surface area (Å²) in [7, 11) is 2.18. The molecule has 1 saturated heterocycles. The Morgan fingerprint density at radius 3 is 2.70 bits per heavy atom. The molecule has 0 spiro atoms. The van der Waals surface area contributed by atoms with Crippen LogP contribution < -0.4 is 0 Å². The van der Waals surface area contributed by atoms with E-state index < -0.39 is 0 Å². The average Bonchev–Trinajstić information content (AvgIpc) is 3.01. The first-order chi connectivity index (χ1) is 13.0. The fourth-order valence-electron chi connectivity index (χ4n) is 5.69. The minimum atomic E-state index is -0.0310. The lowest BCUT2D eigenvalue weighted by molar-refractivity contribution is -0.146. The number of benzene rings is 1. The number of nitrogens with zero attached hydrogens (tertiary/aromatic N) is 3. The number of carbonyl (C=O) groups is 1. The van der Waals surface area contributed by atoms with Crippen molar-refractivity contribution in [3.63, 3.8) is 0 Å². The number of likely N-dealkylation sites (tertiary alicyclic amines) is 1. The van der Waals surface area contributed by atoms with Crippen LogP contribution in [0, 0.1) is 5.92 Å². The predicted molar refractivity (Wildman–Crippen MR) is 110 cm³/mol. The minimum absolute atomic E-state index is 0.0310. The number of hydrogen-bond acceptors (Lipinski definition) is 2. The number of carbonyl (C=O) groups excluding carboxylic acids is 1. The Balaban J connectivity index is 1.60. The normalized spacial score (nSPS) is 30.1. The van der Waals surface area contributed by atoms with Crippen LogP contribution in [0.15, 0.2) is 30.5 Å². The van der Waals surface area contributed by atoms with Crippen LogP contribution in [0.25, 0.3) is 16.5 Å². The van der Waals surface area contributed by atoms with Gasteiger partial charge in [0.2, 0.25) is 5.91 Å². The van der Waals surface area contributed by atoms with Crippen LogP contribution >= 0.6 is 0 Å². The lowest BCUT2D eigenvalue weighted by Gasteiger charge is -2.48. The van der Waals surface area contributed by atoms with E-state index in [9.17, 15) is 4.79 Å². The first kappa shape index (κ1) is 17.1. The van der Waals surface area contributed by atoms with Crippen LogP contribution in [-0.4, -0.2) is 52.0 Å². The zero-order valence-corrected chi connectivity index (χ0v) is 16.8. The zero-order chi connectivity index (χ0) is 18.9. The summed E-state index contributed by atoms with van der Waals surface area (Å²) in [5.74, 6) is 0.277.